The molecule has 0 heterocycles. The average molecular weight is 158 g/mol. The standard InChI is InChI=1S/C7H15BO3/c1-9-5-7(11-3)6(4-8)10-2/h6-7H,4-5H2,1-3H3. The van der Waals surface area contributed by atoms with Crippen molar-refractivity contribution < 1.29 is 14.2 Å². The highest BCUT2D eigenvalue weighted by molar-refractivity contribution is 6.08. The van der Waals surface area contributed by atoms with Gasteiger partial charge in [0.25, 0.3) is 0 Å². The zero-order valence-electron chi connectivity index (χ0n) is 7.37. The van der Waals surface area contributed by atoms with E-state index in [1.54, 1.807) is 21.3 Å². The van der Waals surface area contributed by atoms with E-state index in [-0.39, 0.29) is 12.2 Å². The number of ether oxygens (including phenoxy) is 3. The van der Waals surface area contributed by atoms with Gasteiger partial charge in [0.15, 0.2) is 0 Å². The molecular formula is C7H15BO3. The van der Waals surface area contributed by atoms with E-state index in [9.17, 15) is 0 Å². The molecule has 0 aromatic rings. The van der Waals surface area contributed by atoms with Gasteiger partial charge in [0.1, 0.15) is 6.10 Å². The third kappa shape index (κ3) is 3.75. The maximum Gasteiger partial charge on any atom is 0.106 e. The molecular weight excluding hydrogens is 143 g/mol. The normalized spacial score (nSPS) is 16.3. The summed E-state index contributed by atoms with van der Waals surface area (Å²) < 4.78 is 15.1. The molecule has 0 saturated carbocycles. The molecule has 0 amide bonds. The fraction of sp³-hybridized carbons (Fsp3) is 1.00. The van der Waals surface area contributed by atoms with Crippen molar-refractivity contribution in [3.05, 3.63) is 0 Å². The van der Waals surface area contributed by atoms with E-state index in [1.807, 2.05) is 0 Å². The summed E-state index contributed by atoms with van der Waals surface area (Å²) in [7, 11) is 10.3. The molecule has 3 nitrogen and oxygen atoms in total. The Kier molecular flexibility index (Phi) is 6.61. The molecule has 2 unspecified atom stereocenters. The summed E-state index contributed by atoms with van der Waals surface area (Å²) in [4.78, 5) is 0. The van der Waals surface area contributed by atoms with Crippen molar-refractivity contribution in [1.29, 1.82) is 0 Å². The lowest BCUT2D eigenvalue weighted by Gasteiger charge is -2.22. The maximum atomic E-state index is 5.43. The maximum absolute atomic E-state index is 5.43. The predicted octanol–water partition coefficient (Wildman–Crippen LogP) is 0.250. The van der Waals surface area contributed by atoms with Crippen LogP contribution in [-0.2, 0) is 14.2 Å². The fourth-order valence-electron chi connectivity index (χ4n) is 0.891. The third-order valence-corrected chi connectivity index (χ3v) is 1.58. The van der Waals surface area contributed by atoms with Gasteiger partial charge in [-0.1, -0.05) is 6.32 Å². The number of hydrogen-bond acceptors (Lipinski definition) is 3. The van der Waals surface area contributed by atoms with Crippen molar-refractivity contribution in [2.45, 2.75) is 18.5 Å². The Morgan fingerprint density at radius 2 is 1.64 bits per heavy atom. The van der Waals surface area contributed by atoms with Crippen LogP contribution in [0.2, 0.25) is 6.32 Å². The van der Waals surface area contributed by atoms with Crippen LogP contribution in [0.15, 0.2) is 0 Å². The Morgan fingerprint density at radius 3 is 1.91 bits per heavy atom. The van der Waals surface area contributed by atoms with Gasteiger partial charge in [-0.15, -0.1) is 0 Å². The minimum absolute atomic E-state index is 0.0741. The van der Waals surface area contributed by atoms with Crippen molar-refractivity contribution >= 4 is 7.85 Å². The molecule has 0 aliphatic heterocycles. The smallest absolute Gasteiger partial charge is 0.106 e. The molecule has 0 rings (SSSR count). The van der Waals surface area contributed by atoms with Crippen LogP contribution in [0.5, 0.6) is 0 Å². The summed E-state index contributed by atoms with van der Waals surface area (Å²) in [6.07, 6.45) is 0.285. The number of hydrogen-bond donors (Lipinski definition) is 0. The minimum Gasteiger partial charge on any atom is -0.382 e. The highest BCUT2D eigenvalue weighted by atomic mass is 16.6. The van der Waals surface area contributed by atoms with E-state index in [0.717, 1.165) is 0 Å². The highest BCUT2D eigenvalue weighted by Gasteiger charge is 2.17. The zero-order valence-corrected chi connectivity index (χ0v) is 7.37. The third-order valence-electron chi connectivity index (χ3n) is 1.58. The molecule has 0 bridgehead atoms. The van der Waals surface area contributed by atoms with Gasteiger partial charge in [0.05, 0.1) is 20.6 Å². The van der Waals surface area contributed by atoms with Gasteiger partial charge >= 0.3 is 0 Å². The quantitative estimate of drug-likeness (QED) is 0.518. The van der Waals surface area contributed by atoms with Crippen molar-refractivity contribution in [3.8, 4) is 0 Å². The molecule has 0 N–H and O–H groups in total. The van der Waals surface area contributed by atoms with Gasteiger partial charge in [-0.3, -0.25) is 0 Å². The zero-order chi connectivity index (χ0) is 8.69. The molecule has 0 spiro atoms. The Hall–Kier alpha value is -0.0551. The highest BCUT2D eigenvalue weighted by Crippen LogP contribution is 2.05. The van der Waals surface area contributed by atoms with Gasteiger partial charge in [-0.05, 0) is 0 Å². The van der Waals surface area contributed by atoms with Crippen LogP contribution < -0.4 is 0 Å². The van der Waals surface area contributed by atoms with Crippen molar-refractivity contribution in [2.24, 2.45) is 0 Å². The summed E-state index contributed by atoms with van der Waals surface area (Å²) in [5.41, 5.74) is 0. The van der Waals surface area contributed by atoms with Crippen LogP contribution in [0.1, 0.15) is 0 Å². The molecule has 0 aromatic carbocycles. The second-order valence-corrected chi connectivity index (χ2v) is 2.24. The lowest BCUT2D eigenvalue weighted by Crippen LogP contribution is -2.33. The minimum atomic E-state index is -0.0834. The molecule has 11 heavy (non-hydrogen) atoms. The SMILES string of the molecule is [B]CC(OC)C(COC)OC. The van der Waals surface area contributed by atoms with Crippen LogP contribution in [0, 0.1) is 0 Å². The Morgan fingerprint density at radius 1 is 1.09 bits per heavy atom. The molecule has 0 aliphatic carbocycles. The molecule has 4 heteroatoms. The van der Waals surface area contributed by atoms with Gasteiger partial charge < -0.3 is 14.2 Å². The van der Waals surface area contributed by atoms with Crippen LogP contribution in [-0.4, -0.2) is 48.0 Å². The van der Waals surface area contributed by atoms with Gasteiger partial charge in [0.2, 0.25) is 0 Å². The van der Waals surface area contributed by atoms with Crippen LogP contribution in [0.25, 0.3) is 0 Å². The molecule has 2 atom stereocenters. The van der Waals surface area contributed by atoms with Crippen LogP contribution in [0.3, 0.4) is 0 Å². The van der Waals surface area contributed by atoms with E-state index in [0.29, 0.717) is 12.9 Å². The largest absolute Gasteiger partial charge is 0.382 e. The van der Waals surface area contributed by atoms with Gasteiger partial charge in [-0.2, -0.15) is 0 Å². The number of rotatable bonds is 6. The van der Waals surface area contributed by atoms with Crippen molar-refractivity contribution in [2.75, 3.05) is 27.9 Å². The summed E-state index contributed by atoms with van der Waals surface area (Å²) in [5.74, 6) is 0. The first kappa shape index (κ1) is 10.9. The summed E-state index contributed by atoms with van der Waals surface area (Å²) >= 11 is 0. The molecule has 64 valence electrons. The van der Waals surface area contributed by atoms with E-state index in [1.165, 1.54) is 0 Å². The predicted molar refractivity (Wildman–Crippen MR) is 44.0 cm³/mol. The summed E-state index contributed by atoms with van der Waals surface area (Å²) in [5, 5.41) is 0. The van der Waals surface area contributed by atoms with Gasteiger partial charge in [0, 0.05) is 21.3 Å². The fourth-order valence-corrected chi connectivity index (χ4v) is 0.891. The summed E-state index contributed by atoms with van der Waals surface area (Å²) in [6, 6.07) is 0. The Bertz CT molecular complexity index is 85.8. The first-order valence-electron chi connectivity index (χ1n) is 3.54. The second-order valence-electron chi connectivity index (χ2n) is 2.24. The van der Waals surface area contributed by atoms with Crippen LogP contribution in [0.4, 0.5) is 0 Å². The second kappa shape index (κ2) is 6.64. The Balaban J connectivity index is 3.76. The molecule has 0 aromatic heterocycles. The summed E-state index contributed by atoms with van der Waals surface area (Å²) in [6.45, 7) is 0.506. The van der Waals surface area contributed by atoms with E-state index in [2.05, 4.69) is 0 Å². The average Bonchev–Trinajstić information content (AvgIpc) is 2.05. The lowest BCUT2D eigenvalue weighted by atomic mass is 9.96. The lowest BCUT2D eigenvalue weighted by molar-refractivity contribution is -0.0594. The topological polar surface area (TPSA) is 27.7 Å². The Labute approximate surface area is 69.4 Å². The first-order valence-corrected chi connectivity index (χ1v) is 3.54. The van der Waals surface area contributed by atoms with Crippen LogP contribution >= 0.6 is 0 Å². The monoisotopic (exact) mass is 158 g/mol. The first-order chi connectivity index (χ1) is 5.29. The molecule has 0 aliphatic rings. The van der Waals surface area contributed by atoms with E-state index >= 15 is 0 Å². The van der Waals surface area contributed by atoms with Gasteiger partial charge in [-0.25, -0.2) is 0 Å². The van der Waals surface area contributed by atoms with E-state index in [4.69, 9.17) is 22.1 Å². The van der Waals surface area contributed by atoms with Crippen molar-refractivity contribution in [3.63, 3.8) is 0 Å². The molecule has 2 radical (unpaired) electrons. The molecule has 0 saturated heterocycles. The van der Waals surface area contributed by atoms with E-state index < -0.39 is 0 Å². The number of methoxy groups -OCH3 is 3. The van der Waals surface area contributed by atoms with Crippen molar-refractivity contribution in [1.82, 2.24) is 0 Å². The molecule has 0 fully saturated rings.